The maximum absolute atomic E-state index is 12.5. The first-order valence-corrected chi connectivity index (χ1v) is 10.0. The van der Waals surface area contributed by atoms with Gasteiger partial charge in [-0.1, -0.05) is 6.07 Å². The van der Waals surface area contributed by atoms with E-state index in [1.54, 1.807) is 7.11 Å². The summed E-state index contributed by atoms with van der Waals surface area (Å²) in [6.45, 7) is 2.84. The predicted octanol–water partition coefficient (Wildman–Crippen LogP) is 0.551. The summed E-state index contributed by atoms with van der Waals surface area (Å²) in [4.78, 5) is 29.7. The van der Waals surface area contributed by atoms with Gasteiger partial charge in [0.15, 0.2) is 0 Å². The van der Waals surface area contributed by atoms with E-state index in [2.05, 4.69) is 10.2 Å². The highest BCUT2D eigenvalue weighted by Crippen LogP contribution is 2.27. The van der Waals surface area contributed by atoms with Crippen molar-refractivity contribution >= 4 is 23.2 Å². The van der Waals surface area contributed by atoms with E-state index in [1.165, 1.54) is 11.3 Å². The molecule has 2 N–H and O–H groups in total. The summed E-state index contributed by atoms with van der Waals surface area (Å²) in [5.74, 6) is 0.0458. The number of likely N-dealkylation sites (tertiary alicyclic amines) is 2. The van der Waals surface area contributed by atoms with Crippen molar-refractivity contribution in [2.75, 3.05) is 39.9 Å². The van der Waals surface area contributed by atoms with Crippen molar-refractivity contribution in [3.8, 4) is 0 Å². The van der Waals surface area contributed by atoms with Crippen LogP contribution in [0.5, 0.6) is 0 Å². The lowest BCUT2D eigenvalue weighted by Gasteiger charge is -2.38. The van der Waals surface area contributed by atoms with Crippen molar-refractivity contribution in [3.05, 3.63) is 22.4 Å². The summed E-state index contributed by atoms with van der Waals surface area (Å²) in [5.41, 5.74) is 0. The highest BCUT2D eigenvalue weighted by Gasteiger charge is 2.40. The molecule has 1 aromatic rings. The lowest BCUT2D eigenvalue weighted by atomic mass is 10.0. The van der Waals surface area contributed by atoms with Gasteiger partial charge in [0.05, 0.1) is 23.6 Å². The van der Waals surface area contributed by atoms with E-state index in [-0.39, 0.29) is 23.9 Å². The Hall–Kier alpha value is -1.48. The zero-order valence-corrected chi connectivity index (χ0v) is 15.9. The highest BCUT2D eigenvalue weighted by atomic mass is 32.1. The number of aliphatic hydroxyl groups excluding tert-OH is 1. The maximum atomic E-state index is 12.5. The number of amides is 2. The maximum Gasteiger partial charge on any atom is 0.263 e. The number of β-amino-alcohol motifs (C(OH)–C–C–N with tert-alkyl or cyclic N) is 1. The lowest BCUT2D eigenvalue weighted by molar-refractivity contribution is -0.126. The summed E-state index contributed by atoms with van der Waals surface area (Å²) >= 11 is 1.47. The number of ether oxygens (including phenoxy) is 1. The normalized spacial score (nSPS) is 24.8. The molecule has 0 unspecified atom stereocenters. The van der Waals surface area contributed by atoms with E-state index in [4.69, 9.17) is 4.74 Å². The Balaban J connectivity index is 1.55. The summed E-state index contributed by atoms with van der Waals surface area (Å²) in [6.07, 6.45) is 1.64. The van der Waals surface area contributed by atoms with Gasteiger partial charge in [0.1, 0.15) is 0 Å². The molecular formula is C18H27N3O4S. The van der Waals surface area contributed by atoms with Crippen LogP contribution in [0.4, 0.5) is 0 Å². The molecule has 0 saturated carbocycles. The number of methoxy groups -OCH3 is 1. The van der Waals surface area contributed by atoms with Gasteiger partial charge in [-0.3, -0.25) is 14.5 Å². The van der Waals surface area contributed by atoms with Crippen LogP contribution in [-0.4, -0.2) is 84.8 Å². The number of hydrogen-bond acceptors (Lipinski definition) is 6. The second kappa shape index (κ2) is 8.94. The van der Waals surface area contributed by atoms with Gasteiger partial charge in [-0.15, -0.1) is 11.3 Å². The summed E-state index contributed by atoms with van der Waals surface area (Å²) in [5, 5.41) is 14.9. The molecule has 0 spiro atoms. The highest BCUT2D eigenvalue weighted by molar-refractivity contribution is 7.12. The van der Waals surface area contributed by atoms with Gasteiger partial charge in [0.2, 0.25) is 5.91 Å². The van der Waals surface area contributed by atoms with Gasteiger partial charge in [-0.05, 0) is 30.7 Å². The Morgan fingerprint density at radius 1 is 1.38 bits per heavy atom. The molecule has 0 aromatic carbocycles. The van der Waals surface area contributed by atoms with Gasteiger partial charge < -0.3 is 20.1 Å². The second-order valence-electron chi connectivity index (χ2n) is 6.89. The van der Waals surface area contributed by atoms with Crippen molar-refractivity contribution in [2.45, 2.75) is 37.5 Å². The molecule has 2 saturated heterocycles. The number of aliphatic hydroxyl groups is 1. The third-order valence-corrected chi connectivity index (χ3v) is 6.04. The Morgan fingerprint density at radius 2 is 2.15 bits per heavy atom. The van der Waals surface area contributed by atoms with Gasteiger partial charge in [0, 0.05) is 39.3 Å². The molecule has 2 aliphatic rings. The van der Waals surface area contributed by atoms with Crippen molar-refractivity contribution in [1.82, 2.24) is 15.1 Å². The number of rotatable bonds is 6. The van der Waals surface area contributed by atoms with Crippen LogP contribution in [0.15, 0.2) is 17.5 Å². The minimum Gasteiger partial charge on any atom is -0.392 e. The number of nitrogens with zero attached hydrogens (tertiary/aromatic N) is 2. The standard InChI is InChI=1S/C18H27N3O4S/c1-25-9-6-19-17(23)15-11-14(22)12-21(15)13-4-7-20(8-5-13)18(24)16-3-2-10-26-16/h2-3,10,13-15,22H,4-9,11-12H2,1H3,(H,19,23)/t14-,15+/m1/s1. The number of piperidine rings is 1. The molecule has 2 atom stereocenters. The largest absolute Gasteiger partial charge is 0.392 e. The van der Waals surface area contributed by atoms with Crippen LogP contribution in [0.2, 0.25) is 0 Å². The Bertz CT molecular complexity index is 602. The molecule has 1 aromatic heterocycles. The molecule has 3 rings (SSSR count). The minimum absolute atomic E-state index is 0.0457. The molecule has 144 valence electrons. The Labute approximate surface area is 157 Å². The molecule has 2 aliphatic heterocycles. The molecule has 8 heteroatoms. The number of carbonyl (C=O) groups excluding carboxylic acids is 2. The number of nitrogens with one attached hydrogen (secondary N) is 1. The average Bonchev–Trinajstić information content (AvgIpc) is 3.31. The Morgan fingerprint density at radius 3 is 2.81 bits per heavy atom. The van der Waals surface area contributed by atoms with Crippen LogP contribution >= 0.6 is 11.3 Å². The molecular weight excluding hydrogens is 354 g/mol. The third-order valence-electron chi connectivity index (χ3n) is 5.18. The fourth-order valence-electron chi connectivity index (χ4n) is 3.85. The molecule has 2 fully saturated rings. The fraction of sp³-hybridized carbons (Fsp3) is 0.667. The van der Waals surface area contributed by atoms with Crippen LogP contribution in [0, 0.1) is 0 Å². The fourth-order valence-corrected chi connectivity index (χ4v) is 4.54. The molecule has 26 heavy (non-hydrogen) atoms. The number of thiophene rings is 1. The van der Waals surface area contributed by atoms with Gasteiger partial charge in [-0.2, -0.15) is 0 Å². The van der Waals surface area contributed by atoms with E-state index < -0.39 is 6.10 Å². The third kappa shape index (κ3) is 4.43. The Kier molecular flexibility index (Phi) is 6.63. The first kappa shape index (κ1) is 19.3. The smallest absolute Gasteiger partial charge is 0.263 e. The minimum atomic E-state index is -0.473. The van der Waals surface area contributed by atoms with E-state index >= 15 is 0 Å². The zero-order chi connectivity index (χ0) is 18.5. The van der Waals surface area contributed by atoms with E-state index in [9.17, 15) is 14.7 Å². The quantitative estimate of drug-likeness (QED) is 0.704. The number of carbonyl (C=O) groups is 2. The summed E-state index contributed by atoms with van der Waals surface area (Å²) in [6, 6.07) is 3.67. The van der Waals surface area contributed by atoms with E-state index in [0.29, 0.717) is 39.2 Å². The topological polar surface area (TPSA) is 82.1 Å². The molecule has 0 radical (unpaired) electrons. The van der Waals surface area contributed by atoms with Crippen molar-refractivity contribution < 1.29 is 19.4 Å². The van der Waals surface area contributed by atoms with Crippen molar-refractivity contribution in [2.24, 2.45) is 0 Å². The molecule has 2 amide bonds. The number of hydrogen-bond donors (Lipinski definition) is 2. The SMILES string of the molecule is COCCNC(=O)[C@@H]1C[C@@H](O)CN1C1CCN(C(=O)c2cccs2)CC1. The van der Waals surface area contributed by atoms with Crippen molar-refractivity contribution in [1.29, 1.82) is 0 Å². The molecule has 7 nitrogen and oxygen atoms in total. The first-order chi connectivity index (χ1) is 12.6. The predicted molar refractivity (Wildman–Crippen MR) is 99.2 cm³/mol. The monoisotopic (exact) mass is 381 g/mol. The summed E-state index contributed by atoms with van der Waals surface area (Å²) in [7, 11) is 1.60. The lowest BCUT2D eigenvalue weighted by Crippen LogP contribution is -2.52. The molecule has 0 bridgehead atoms. The van der Waals surface area contributed by atoms with E-state index in [0.717, 1.165) is 17.7 Å². The zero-order valence-electron chi connectivity index (χ0n) is 15.1. The summed E-state index contributed by atoms with van der Waals surface area (Å²) < 4.78 is 4.97. The van der Waals surface area contributed by atoms with Gasteiger partial charge in [-0.25, -0.2) is 0 Å². The van der Waals surface area contributed by atoms with Gasteiger partial charge in [0.25, 0.3) is 5.91 Å². The van der Waals surface area contributed by atoms with Crippen LogP contribution in [0.1, 0.15) is 28.9 Å². The van der Waals surface area contributed by atoms with Gasteiger partial charge >= 0.3 is 0 Å². The van der Waals surface area contributed by atoms with Crippen molar-refractivity contribution in [3.63, 3.8) is 0 Å². The van der Waals surface area contributed by atoms with Crippen LogP contribution in [0.25, 0.3) is 0 Å². The second-order valence-corrected chi connectivity index (χ2v) is 7.83. The average molecular weight is 381 g/mol. The van der Waals surface area contributed by atoms with Crippen LogP contribution < -0.4 is 5.32 Å². The van der Waals surface area contributed by atoms with E-state index in [1.807, 2.05) is 22.4 Å². The molecule has 3 heterocycles. The van der Waals surface area contributed by atoms with Crippen LogP contribution in [-0.2, 0) is 9.53 Å². The molecule has 0 aliphatic carbocycles. The van der Waals surface area contributed by atoms with Crippen LogP contribution in [0.3, 0.4) is 0 Å². The first-order valence-electron chi connectivity index (χ1n) is 9.13.